The molecule has 0 saturated carbocycles. The van der Waals surface area contributed by atoms with E-state index in [1.165, 1.54) is 0 Å². The van der Waals surface area contributed by atoms with Gasteiger partial charge in [0.15, 0.2) is 0 Å². The molecule has 1 fully saturated rings. The fourth-order valence-corrected chi connectivity index (χ4v) is 4.69. The van der Waals surface area contributed by atoms with E-state index >= 15 is 0 Å². The molecule has 182 valence electrons. The second-order valence-corrected chi connectivity index (χ2v) is 8.86. The fourth-order valence-electron chi connectivity index (χ4n) is 4.69. The normalized spacial score (nSPS) is 14.9. The minimum absolute atomic E-state index is 0.0804. The van der Waals surface area contributed by atoms with Gasteiger partial charge < -0.3 is 10.6 Å². The number of nitrogens with two attached hydrogens (primary N) is 1. The van der Waals surface area contributed by atoms with Gasteiger partial charge in [-0.3, -0.25) is 24.2 Å². The van der Waals surface area contributed by atoms with Crippen LogP contribution < -0.4 is 5.73 Å². The van der Waals surface area contributed by atoms with Crippen molar-refractivity contribution in [3.8, 4) is 11.3 Å². The number of pyridine rings is 1. The molecule has 3 heterocycles. The van der Waals surface area contributed by atoms with E-state index in [4.69, 9.17) is 10.8 Å². The van der Waals surface area contributed by atoms with Crippen LogP contribution in [0.2, 0.25) is 0 Å². The average Bonchev–Trinajstić information content (AvgIpc) is 3.34. The Bertz CT molecular complexity index is 1320. The summed E-state index contributed by atoms with van der Waals surface area (Å²) in [4.78, 5) is 34.0. The zero-order valence-electron chi connectivity index (χ0n) is 19.9. The van der Waals surface area contributed by atoms with Crippen molar-refractivity contribution in [1.82, 2.24) is 24.6 Å². The number of aromatic nitrogens is 3. The van der Waals surface area contributed by atoms with E-state index in [-0.39, 0.29) is 11.8 Å². The van der Waals surface area contributed by atoms with E-state index in [1.54, 1.807) is 17.1 Å². The Labute approximate surface area is 210 Å². The number of rotatable bonds is 7. The molecule has 36 heavy (non-hydrogen) atoms. The highest BCUT2D eigenvalue weighted by atomic mass is 16.2. The third-order valence-corrected chi connectivity index (χ3v) is 6.47. The molecule has 8 nitrogen and oxygen atoms in total. The highest BCUT2D eigenvalue weighted by Crippen LogP contribution is 2.26. The Morgan fingerprint density at radius 1 is 0.889 bits per heavy atom. The lowest BCUT2D eigenvalue weighted by Crippen LogP contribution is -2.51. The van der Waals surface area contributed by atoms with Gasteiger partial charge in [0.05, 0.1) is 12.1 Å². The van der Waals surface area contributed by atoms with E-state index in [2.05, 4.69) is 4.98 Å². The van der Waals surface area contributed by atoms with Crippen molar-refractivity contribution in [3.05, 3.63) is 108 Å². The molecule has 2 N–H and O–H groups in total. The smallest absolute Gasteiger partial charge is 0.257 e. The molecule has 1 atom stereocenters. The molecular weight excluding hydrogens is 452 g/mol. The van der Waals surface area contributed by atoms with Crippen LogP contribution in [-0.2, 0) is 11.3 Å². The summed E-state index contributed by atoms with van der Waals surface area (Å²) in [5.41, 5.74) is 9.68. The summed E-state index contributed by atoms with van der Waals surface area (Å²) in [5.74, 6) is -0.467. The minimum Gasteiger partial charge on any atom is -0.368 e. The lowest BCUT2D eigenvalue weighted by molar-refractivity contribution is -0.124. The van der Waals surface area contributed by atoms with Crippen LogP contribution in [0.3, 0.4) is 0 Å². The Kier molecular flexibility index (Phi) is 6.86. The molecule has 2 amide bonds. The van der Waals surface area contributed by atoms with Crippen LogP contribution in [0, 0.1) is 0 Å². The van der Waals surface area contributed by atoms with Crippen molar-refractivity contribution >= 4 is 11.8 Å². The summed E-state index contributed by atoms with van der Waals surface area (Å²) in [5, 5.41) is 4.76. The standard InChI is InChI=1S/C28H28N6O2/c29-27(35)26(22-10-5-2-6-11-22)32-14-16-33(17-15-32)28(36)24-20-34(19-21-8-3-1-4-9-21)31-25(24)23-12-7-13-30-18-23/h1-13,18,20,26H,14-17,19H2,(H2,29,35)/t26-/m0/s1. The van der Waals surface area contributed by atoms with Crippen molar-refractivity contribution in [3.63, 3.8) is 0 Å². The van der Waals surface area contributed by atoms with Crippen molar-refractivity contribution in [2.75, 3.05) is 26.2 Å². The summed E-state index contributed by atoms with van der Waals surface area (Å²) >= 11 is 0. The third-order valence-electron chi connectivity index (χ3n) is 6.47. The predicted octanol–water partition coefficient (Wildman–Crippen LogP) is 2.98. The summed E-state index contributed by atoms with van der Waals surface area (Å²) < 4.78 is 1.81. The minimum atomic E-state index is -0.511. The zero-order valence-corrected chi connectivity index (χ0v) is 19.9. The summed E-state index contributed by atoms with van der Waals surface area (Å²) in [6, 6.07) is 22.8. The maximum atomic E-state index is 13.7. The molecule has 0 bridgehead atoms. The molecule has 2 aromatic carbocycles. The highest BCUT2D eigenvalue weighted by molar-refractivity contribution is 5.99. The summed E-state index contributed by atoms with van der Waals surface area (Å²) in [6.45, 7) is 2.65. The SMILES string of the molecule is NC(=O)[C@H](c1ccccc1)N1CCN(C(=O)c2cn(Cc3ccccc3)nc2-c2cccnc2)CC1. The number of carbonyl (C=O) groups excluding carboxylic acids is 2. The Morgan fingerprint density at radius 2 is 1.58 bits per heavy atom. The first-order chi connectivity index (χ1) is 17.6. The summed E-state index contributed by atoms with van der Waals surface area (Å²) in [6.07, 6.45) is 5.24. The first kappa shape index (κ1) is 23.4. The van der Waals surface area contributed by atoms with E-state index in [9.17, 15) is 9.59 Å². The molecular formula is C28H28N6O2. The van der Waals surface area contributed by atoms with Gasteiger partial charge in [0.1, 0.15) is 11.7 Å². The average molecular weight is 481 g/mol. The maximum absolute atomic E-state index is 13.7. The van der Waals surface area contributed by atoms with E-state index in [0.29, 0.717) is 44.0 Å². The monoisotopic (exact) mass is 480 g/mol. The van der Waals surface area contributed by atoms with Gasteiger partial charge in [-0.2, -0.15) is 5.10 Å². The fraction of sp³-hybridized carbons (Fsp3) is 0.214. The van der Waals surface area contributed by atoms with Crippen LogP contribution in [0.1, 0.15) is 27.5 Å². The Hall–Kier alpha value is -4.30. The van der Waals surface area contributed by atoms with Gasteiger partial charge in [0.25, 0.3) is 5.91 Å². The summed E-state index contributed by atoms with van der Waals surface area (Å²) in [7, 11) is 0. The molecule has 0 unspecified atom stereocenters. The molecule has 0 aliphatic carbocycles. The van der Waals surface area contributed by atoms with Crippen LogP contribution in [0.5, 0.6) is 0 Å². The van der Waals surface area contributed by atoms with Crippen LogP contribution in [-0.4, -0.2) is 62.6 Å². The molecule has 0 radical (unpaired) electrons. The number of amides is 2. The number of hydrogen-bond donors (Lipinski definition) is 1. The van der Waals surface area contributed by atoms with Gasteiger partial charge in [-0.1, -0.05) is 60.7 Å². The van der Waals surface area contributed by atoms with Crippen molar-refractivity contribution in [2.24, 2.45) is 5.73 Å². The molecule has 1 aliphatic heterocycles. The van der Waals surface area contributed by atoms with Gasteiger partial charge in [-0.05, 0) is 23.3 Å². The number of carbonyl (C=O) groups is 2. The zero-order chi connectivity index (χ0) is 24.9. The van der Waals surface area contributed by atoms with Gasteiger partial charge in [0, 0.05) is 50.3 Å². The third kappa shape index (κ3) is 5.04. The lowest BCUT2D eigenvalue weighted by atomic mass is 10.0. The topological polar surface area (TPSA) is 97.4 Å². The molecule has 4 aromatic rings. The van der Waals surface area contributed by atoms with Gasteiger partial charge in [-0.15, -0.1) is 0 Å². The van der Waals surface area contributed by atoms with Crippen LogP contribution in [0.15, 0.2) is 91.4 Å². The lowest BCUT2D eigenvalue weighted by Gasteiger charge is -2.38. The van der Waals surface area contributed by atoms with Crippen molar-refractivity contribution < 1.29 is 9.59 Å². The quantitative estimate of drug-likeness (QED) is 0.439. The first-order valence-corrected chi connectivity index (χ1v) is 12.0. The number of benzene rings is 2. The largest absolute Gasteiger partial charge is 0.368 e. The first-order valence-electron chi connectivity index (χ1n) is 12.0. The maximum Gasteiger partial charge on any atom is 0.257 e. The molecule has 5 rings (SSSR count). The van der Waals surface area contributed by atoms with Gasteiger partial charge >= 0.3 is 0 Å². The molecule has 2 aromatic heterocycles. The molecule has 1 aliphatic rings. The predicted molar refractivity (Wildman–Crippen MR) is 137 cm³/mol. The highest BCUT2D eigenvalue weighted by Gasteiger charge is 2.32. The van der Waals surface area contributed by atoms with Crippen molar-refractivity contribution in [2.45, 2.75) is 12.6 Å². The van der Waals surface area contributed by atoms with E-state index in [1.807, 2.05) is 88.8 Å². The van der Waals surface area contributed by atoms with Crippen LogP contribution in [0.25, 0.3) is 11.3 Å². The van der Waals surface area contributed by atoms with Gasteiger partial charge in [-0.25, -0.2) is 0 Å². The second kappa shape index (κ2) is 10.5. The van der Waals surface area contributed by atoms with Crippen LogP contribution >= 0.6 is 0 Å². The molecule has 0 spiro atoms. The number of piperazine rings is 1. The number of hydrogen-bond acceptors (Lipinski definition) is 5. The van der Waals surface area contributed by atoms with Crippen LogP contribution in [0.4, 0.5) is 0 Å². The number of primary amides is 1. The van der Waals surface area contributed by atoms with Crippen molar-refractivity contribution in [1.29, 1.82) is 0 Å². The Balaban J connectivity index is 1.36. The molecule has 1 saturated heterocycles. The second-order valence-electron chi connectivity index (χ2n) is 8.86. The molecule has 8 heteroatoms. The Morgan fingerprint density at radius 3 is 2.22 bits per heavy atom. The number of nitrogens with zero attached hydrogens (tertiary/aromatic N) is 5. The van der Waals surface area contributed by atoms with E-state index in [0.717, 1.165) is 16.7 Å². The van der Waals surface area contributed by atoms with E-state index < -0.39 is 6.04 Å². The van der Waals surface area contributed by atoms with Gasteiger partial charge in [0.2, 0.25) is 5.91 Å².